The number of aromatic nitrogens is 1. The van der Waals surface area contributed by atoms with Gasteiger partial charge in [0.2, 0.25) is 17.7 Å². The average Bonchev–Trinajstić information content (AvgIpc) is 3.35. The van der Waals surface area contributed by atoms with Gasteiger partial charge in [-0.05, 0) is 49.4 Å². The molecule has 1 aliphatic heterocycles. The highest BCUT2D eigenvalue weighted by Crippen LogP contribution is 2.52. The molecule has 2 heterocycles. The molecular weight excluding hydrogens is 342 g/mol. The highest BCUT2D eigenvalue weighted by Gasteiger charge is 2.60. The number of hydrogen-bond donors (Lipinski definition) is 1. The van der Waals surface area contributed by atoms with E-state index in [0.29, 0.717) is 5.69 Å². The van der Waals surface area contributed by atoms with Crippen LogP contribution in [-0.2, 0) is 14.4 Å². The molecule has 136 valence electrons. The van der Waals surface area contributed by atoms with Gasteiger partial charge in [-0.15, -0.1) is 0 Å². The van der Waals surface area contributed by atoms with E-state index >= 15 is 0 Å². The Balaban J connectivity index is 1.36. The molecule has 6 nitrogen and oxygen atoms in total. The van der Waals surface area contributed by atoms with Crippen LogP contribution < -0.4 is 5.32 Å². The first-order valence-corrected chi connectivity index (χ1v) is 9.25. The first kappa shape index (κ1) is 16.2. The molecule has 1 saturated carbocycles. The molecule has 6 heteroatoms. The Labute approximate surface area is 156 Å². The van der Waals surface area contributed by atoms with Gasteiger partial charge in [-0.25, -0.2) is 0 Å². The van der Waals surface area contributed by atoms with Crippen LogP contribution in [-0.4, -0.2) is 33.6 Å². The summed E-state index contributed by atoms with van der Waals surface area (Å²) in [6.07, 6.45) is 6.70. The second kappa shape index (κ2) is 5.74. The molecule has 5 rings (SSSR count). The van der Waals surface area contributed by atoms with E-state index in [4.69, 9.17) is 0 Å². The van der Waals surface area contributed by atoms with Crippen molar-refractivity contribution in [3.63, 3.8) is 0 Å². The maximum Gasteiger partial charge on any atom is 0.247 e. The van der Waals surface area contributed by atoms with Crippen molar-refractivity contribution in [3.8, 4) is 0 Å². The number of allylic oxidation sites excluding steroid dienone is 2. The third kappa shape index (κ3) is 2.32. The second-order valence-electron chi connectivity index (χ2n) is 7.62. The topological polar surface area (TPSA) is 79.4 Å². The van der Waals surface area contributed by atoms with E-state index in [9.17, 15) is 14.4 Å². The molecule has 2 aromatic rings. The minimum absolute atomic E-state index is 0.143. The van der Waals surface area contributed by atoms with Crippen LogP contribution >= 0.6 is 0 Å². The number of nitrogens with zero attached hydrogens (tertiary/aromatic N) is 2. The van der Waals surface area contributed by atoms with Crippen molar-refractivity contribution in [3.05, 3.63) is 48.7 Å². The molecule has 27 heavy (non-hydrogen) atoms. The maximum absolute atomic E-state index is 12.8. The molecule has 5 atom stereocenters. The van der Waals surface area contributed by atoms with Crippen molar-refractivity contribution < 1.29 is 14.4 Å². The van der Waals surface area contributed by atoms with Crippen LogP contribution in [0.3, 0.4) is 0 Å². The molecule has 2 bridgehead atoms. The molecule has 3 aliphatic rings. The summed E-state index contributed by atoms with van der Waals surface area (Å²) >= 11 is 0. The number of hydrogen-bond acceptors (Lipinski definition) is 4. The summed E-state index contributed by atoms with van der Waals surface area (Å²) in [6.45, 7) is 1.62. The number of anilines is 1. The second-order valence-corrected chi connectivity index (χ2v) is 7.62. The standard InChI is InChI=1S/C21H19N3O3/c1-11(19(25)23-15-6-7-16-12(10-15)3-2-8-22-16)24-20(26)17-13-4-5-14(9-13)18(17)21(24)27/h2-8,10-11,13-14,17-18H,9H2,1H3,(H,23,25)/t11-,13+,14+,17-,18+/m1/s1. The van der Waals surface area contributed by atoms with Crippen molar-refractivity contribution >= 4 is 34.3 Å². The molecular formula is C21H19N3O3. The largest absolute Gasteiger partial charge is 0.324 e. The zero-order valence-corrected chi connectivity index (χ0v) is 14.8. The van der Waals surface area contributed by atoms with Gasteiger partial charge in [-0.1, -0.05) is 18.2 Å². The number of carbonyl (C=O) groups excluding carboxylic acids is 3. The fourth-order valence-electron chi connectivity index (χ4n) is 4.82. The zero-order valence-electron chi connectivity index (χ0n) is 14.8. The third-order valence-electron chi connectivity index (χ3n) is 6.14. The van der Waals surface area contributed by atoms with Gasteiger partial charge in [0, 0.05) is 17.3 Å². The van der Waals surface area contributed by atoms with Crippen LogP contribution in [0.2, 0.25) is 0 Å². The maximum atomic E-state index is 12.8. The number of nitrogens with one attached hydrogen (secondary N) is 1. The lowest BCUT2D eigenvalue weighted by Crippen LogP contribution is -2.46. The first-order chi connectivity index (χ1) is 13.0. The molecule has 1 aromatic carbocycles. The molecule has 2 aliphatic carbocycles. The summed E-state index contributed by atoms with van der Waals surface area (Å²) in [4.78, 5) is 43.9. The van der Waals surface area contributed by atoms with E-state index < -0.39 is 6.04 Å². The van der Waals surface area contributed by atoms with Crippen molar-refractivity contribution in [2.75, 3.05) is 5.32 Å². The monoisotopic (exact) mass is 361 g/mol. The smallest absolute Gasteiger partial charge is 0.247 e. The zero-order chi connectivity index (χ0) is 18.7. The Morgan fingerprint density at radius 1 is 1.15 bits per heavy atom. The minimum Gasteiger partial charge on any atom is -0.324 e. The van der Waals surface area contributed by atoms with Gasteiger partial charge in [-0.2, -0.15) is 0 Å². The summed E-state index contributed by atoms with van der Waals surface area (Å²) in [5.41, 5.74) is 1.46. The van der Waals surface area contributed by atoms with Crippen LogP contribution in [0.5, 0.6) is 0 Å². The van der Waals surface area contributed by atoms with Gasteiger partial charge >= 0.3 is 0 Å². The Bertz CT molecular complexity index is 985. The van der Waals surface area contributed by atoms with Crippen molar-refractivity contribution in [1.82, 2.24) is 9.88 Å². The van der Waals surface area contributed by atoms with Crippen LogP contribution in [0, 0.1) is 23.7 Å². The van der Waals surface area contributed by atoms with Crippen LogP contribution in [0.1, 0.15) is 13.3 Å². The van der Waals surface area contributed by atoms with Gasteiger partial charge in [0.15, 0.2) is 0 Å². The fourth-order valence-corrected chi connectivity index (χ4v) is 4.82. The van der Waals surface area contributed by atoms with E-state index in [2.05, 4.69) is 10.3 Å². The number of fused-ring (bicyclic) bond motifs is 6. The quantitative estimate of drug-likeness (QED) is 0.672. The molecule has 1 aromatic heterocycles. The summed E-state index contributed by atoms with van der Waals surface area (Å²) in [5, 5.41) is 3.74. The lowest BCUT2D eigenvalue weighted by Gasteiger charge is -2.23. The van der Waals surface area contributed by atoms with Gasteiger partial charge < -0.3 is 5.32 Å². The van der Waals surface area contributed by atoms with Gasteiger partial charge in [0.05, 0.1) is 17.4 Å². The van der Waals surface area contributed by atoms with E-state index in [1.54, 1.807) is 19.2 Å². The highest BCUT2D eigenvalue weighted by atomic mass is 16.2. The highest BCUT2D eigenvalue weighted by molar-refractivity contribution is 6.10. The van der Waals surface area contributed by atoms with Crippen LogP contribution in [0.4, 0.5) is 5.69 Å². The van der Waals surface area contributed by atoms with E-state index in [1.165, 1.54) is 4.90 Å². The number of imide groups is 1. The van der Waals surface area contributed by atoms with E-state index in [0.717, 1.165) is 17.3 Å². The van der Waals surface area contributed by atoms with Gasteiger partial charge in [0.25, 0.3) is 0 Å². The number of pyridine rings is 1. The third-order valence-corrected chi connectivity index (χ3v) is 6.14. The summed E-state index contributed by atoms with van der Waals surface area (Å²) in [6, 6.07) is 8.35. The van der Waals surface area contributed by atoms with Crippen molar-refractivity contribution in [2.45, 2.75) is 19.4 Å². The van der Waals surface area contributed by atoms with Crippen LogP contribution in [0.15, 0.2) is 48.7 Å². The summed E-state index contributed by atoms with van der Waals surface area (Å²) in [7, 11) is 0. The average molecular weight is 361 g/mol. The van der Waals surface area contributed by atoms with Gasteiger partial charge in [-0.3, -0.25) is 24.3 Å². The SMILES string of the molecule is C[C@H](C(=O)Nc1ccc2ncccc2c1)N1C(=O)[C@@H]2[C@H](C1=O)[C@H]1C=C[C@H]2C1. The van der Waals surface area contributed by atoms with Crippen molar-refractivity contribution in [1.29, 1.82) is 0 Å². The summed E-state index contributed by atoms with van der Waals surface area (Å²) < 4.78 is 0. The predicted octanol–water partition coefficient (Wildman–Crippen LogP) is 2.37. The number of amides is 3. The normalized spacial score (nSPS) is 29.4. The number of rotatable bonds is 3. The Morgan fingerprint density at radius 3 is 2.56 bits per heavy atom. The minimum atomic E-state index is -0.834. The van der Waals surface area contributed by atoms with E-state index in [1.807, 2.05) is 36.4 Å². The number of benzene rings is 1. The van der Waals surface area contributed by atoms with Crippen LogP contribution in [0.25, 0.3) is 10.9 Å². The number of carbonyl (C=O) groups is 3. The fraction of sp³-hybridized carbons (Fsp3) is 0.333. The molecule has 1 N–H and O–H groups in total. The van der Waals surface area contributed by atoms with Gasteiger partial charge in [0.1, 0.15) is 6.04 Å². The summed E-state index contributed by atoms with van der Waals surface area (Å²) in [5.74, 6) is -1.04. The lowest BCUT2D eigenvalue weighted by molar-refractivity contribution is -0.146. The van der Waals surface area contributed by atoms with E-state index in [-0.39, 0.29) is 41.4 Å². The molecule has 0 unspecified atom stereocenters. The lowest BCUT2D eigenvalue weighted by atomic mass is 9.85. The molecule has 3 amide bonds. The first-order valence-electron chi connectivity index (χ1n) is 9.25. The molecule has 1 saturated heterocycles. The molecule has 0 radical (unpaired) electrons. The predicted molar refractivity (Wildman–Crippen MR) is 99.4 cm³/mol. The Kier molecular flexibility index (Phi) is 3.44. The Hall–Kier alpha value is -3.02. The molecule has 0 spiro atoms. The number of likely N-dealkylation sites (tertiary alicyclic amines) is 1. The Morgan fingerprint density at radius 2 is 1.85 bits per heavy atom. The van der Waals surface area contributed by atoms with Crippen molar-refractivity contribution in [2.24, 2.45) is 23.7 Å². The molecule has 2 fully saturated rings.